The molecule has 0 N–H and O–H groups in total. The molecule has 4 heteroatoms. The van der Waals surface area contributed by atoms with Gasteiger partial charge in [-0.05, 0) is 17.2 Å². The summed E-state index contributed by atoms with van der Waals surface area (Å²) in [6, 6.07) is 17.4. The monoisotopic (exact) mass is 278 g/mol. The molecule has 0 fully saturated rings. The Morgan fingerprint density at radius 2 is 1.67 bits per heavy atom. The molecule has 0 aromatic heterocycles. The lowest BCUT2D eigenvalue weighted by molar-refractivity contribution is 0.272. The lowest BCUT2D eigenvalue weighted by Gasteiger charge is -2.33. The molecule has 106 valence electrons. The van der Waals surface area contributed by atoms with Crippen LogP contribution in [0.25, 0.3) is 0 Å². The Kier molecular flexibility index (Phi) is 2.70. The topological polar surface area (TPSA) is 31.2 Å². The highest BCUT2D eigenvalue weighted by molar-refractivity contribution is 5.57. The molecule has 2 aromatic rings. The number of fused-ring (bicyclic) bond motifs is 5. The summed E-state index contributed by atoms with van der Waals surface area (Å²) in [6.07, 6.45) is 0. The second-order valence-electron chi connectivity index (χ2n) is 5.78. The number of rotatable bonds is 0. The molecule has 0 saturated carbocycles. The molecule has 2 unspecified atom stereocenters. The molecule has 0 saturated heterocycles. The van der Waals surface area contributed by atoms with Crippen molar-refractivity contribution in [3.63, 3.8) is 0 Å². The molecular weight excluding hydrogens is 260 g/mol. The zero-order valence-corrected chi connectivity index (χ0v) is 12.3. The van der Waals surface area contributed by atoms with Crippen molar-refractivity contribution in [2.75, 3.05) is 19.0 Å². The Morgan fingerprint density at radius 3 is 2.52 bits per heavy atom. The summed E-state index contributed by atoms with van der Waals surface area (Å²) >= 11 is 0. The molecule has 0 spiro atoms. The molecule has 21 heavy (non-hydrogen) atoms. The summed E-state index contributed by atoms with van der Waals surface area (Å²) in [5, 5.41) is 10.9. The van der Waals surface area contributed by atoms with Gasteiger partial charge in [-0.2, -0.15) is 5.11 Å². The van der Waals surface area contributed by atoms with Crippen molar-refractivity contribution < 1.29 is 0 Å². The van der Waals surface area contributed by atoms with Crippen LogP contribution in [0.15, 0.2) is 58.9 Å². The Balaban J connectivity index is 1.94. The van der Waals surface area contributed by atoms with Crippen LogP contribution in [0, 0.1) is 0 Å². The SMILES string of the molecule is CN1Cc2ccccc2C2C(N=NN2C)c2ccccc21. The van der Waals surface area contributed by atoms with Gasteiger partial charge < -0.3 is 4.90 Å². The zero-order chi connectivity index (χ0) is 14.4. The average Bonchev–Trinajstić information content (AvgIpc) is 2.88. The maximum Gasteiger partial charge on any atom is 0.126 e. The van der Waals surface area contributed by atoms with Crippen molar-refractivity contribution in [3.05, 3.63) is 65.2 Å². The number of benzene rings is 2. The molecule has 2 aliphatic heterocycles. The van der Waals surface area contributed by atoms with Gasteiger partial charge in [-0.15, -0.1) is 0 Å². The highest BCUT2D eigenvalue weighted by Gasteiger charge is 2.37. The van der Waals surface area contributed by atoms with Crippen LogP contribution in [0.3, 0.4) is 0 Å². The van der Waals surface area contributed by atoms with Crippen LogP contribution in [0.5, 0.6) is 0 Å². The fourth-order valence-electron chi connectivity index (χ4n) is 3.46. The number of hydrogen-bond acceptors (Lipinski definition) is 4. The number of para-hydroxylation sites is 1. The van der Waals surface area contributed by atoms with Crippen molar-refractivity contribution in [3.8, 4) is 0 Å². The van der Waals surface area contributed by atoms with E-state index in [1.165, 1.54) is 22.4 Å². The van der Waals surface area contributed by atoms with E-state index in [2.05, 4.69) is 70.8 Å². The molecule has 2 heterocycles. The predicted octanol–water partition coefficient (Wildman–Crippen LogP) is 3.73. The van der Waals surface area contributed by atoms with E-state index < -0.39 is 0 Å². The van der Waals surface area contributed by atoms with Gasteiger partial charge in [0.2, 0.25) is 0 Å². The van der Waals surface area contributed by atoms with E-state index in [4.69, 9.17) is 0 Å². The van der Waals surface area contributed by atoms with Crippen LogP contribution in [0.1, 0.15) is 28.8 Å². The normalized spacial score (nSPS) is 23.1. The van der Waals surface area contributed by atoms with Gasteiger partial charge in [0.15, 0.2) is 0 Å². The largest absolute Gasteiger partial charge is 0.370 e. The standard InChI is InChI=1S/C17H18N4/c1-20-11-12-7-3-4-8-13(12)17-16(18-19-21(17)2)14-9-5-6-10-15(14)20/h3-10,16-17H,11H2,1-2H3. The van der Waals surface area contributed by atoms with Crippen LogP contribution in [0.4, 0.5) is 5.69 Å². The van der Waals surface area contributed by atoms with E-state index in [9.17, 15) is 0 Å². The van der Waals surface area contributed by atoms with E-state index in [0.29, 0.717) is 0 Å². The Labute approximate surface area is 124 Å². The van der Waals surface area contributed by atoms with Crippen molar-refractivity contribution in [2.45, 2.75) is 18.6 Å². The van der Waals surface area contributed by atoms with Gasteiger partial charge in [-0.3, -0.25) is 5.01 Å². The minimum absolute atomic E-state index is 0.0649. The minimum atomic E-state index is 0.0649. The van der Waals surface area contributed by atoms with Gasteiger partial charge in [-0.1, -0.05) is 47.7 Å². The van der Waals surface area contributed by atoms with Gasteiger partial charge in [0.1, 0.15) is 12.1 Å². The molecule has 0 amide bonds. The first-order valence-corrected chi connectivity index (χ1v) is 7.27. The second kappa shape index (κ2) is 4.58. The lowest BCUT2D eigenvalue weighted by atomic mass is 9.88. The minimum Gasteiger partial charge on any atom is -0.370 e. The van der Waals surface area contributed by atoms with Gasteiger partial charge >= 0.3 is 0 Å². The Morgan fingerprint density at radius 1 is 0.952 bits per heavy atom. The van der Waals surface area contributed by atoms with Crippen LogP contribution in [-0.2, 0) is 6.54 Å². The molecule has 0 bridgehead atoms. The summed E-state index contributed by atoms with van der Waals surface area (Å²) < 4.78 is 0. The molecule has 4 nitrogen and oxygen atoms in total. The quantitative estimate of drug-likeness (QED) is 0.735. The number of nitrogens with zero attached hydrogens (tertiary/aromatic N) is 4. The predicted molar refractivity (Wildman–Crippen MR) is 83.1 cm³/mol. The highest BCUT2D eigenvalue weighted by atomic mass is 15.6. The highest BCUT2D eigenvalue weighted by Crippen LogP contribution is 2.46. The number of likely N-dealkylation sites (N-methyl/N-ethyl adjacent to an activating group) is 1. The summed E-state index contributed by atoms with van der Waals surface area (Å²) in [5.41, 5.74) is 5.18. The van der Waals surface area contributed by atoms with Crippen LogP contribution < -0.4 is 4.90 Å². The summed E-state index contributed by atoms with van der Waals surface area (Å²) in [7, 11) is 4.16. The van der Waals surface area contributed by atoms with Crippen molar-refractivity contribution in [2.24, 2.45) is 10.3 Å². The third kappa shape index (κ3) is 1.82. The second-order valence-corrected chi connectivity index (χ2v) is 5.78. The molecule has 2 aliphatic rings. The van der Waals surface area contributed by atoms with Gasteiger partial charge in [0, 0.05) is 31.9 Å². The fourth-order valence-corrected chi connectivity index (χ4v) is 3.46. The maximum atomic E-state index is 4.54. The van der Waals surface area contributed by atoms with Crippen molar-refractivity contribution in [1.82, 2.24) is 5.01 Å². The molecule has 2 aromatic carbocycles. The van der Waals surface area contributed by atoms with E-state index in [0.717, 1.165) is 6.54 Å². The first-order valence-electron chi connectivity index (χ1n) is 7.27. The third-order valence-corrected chi connectivity index (χ3v) is 4.47. The number of anilines is 1. The first kappa shape index (κ1) is 12.4. The summed E-state index contributed by atoms with van der Waals surface area (Å²) in [4.78, 5) is 2.30. The van der Waals surface area contributed by atoms with Crippen molar-refractivity contribution >= 4 is 5.69 Å². The smallest absolute Gasteiger partial charge is 0.126 e. The average molecular weight is 278 g/mol. The zero-order valence-electron chi connectivity index (χ0n) is 12.3. The van der Waals surface area contributed by atoms with E-state index in [1.807, 2.05) is 12.1 Å². The Hall–Kier alpha value is -2.36. The van der Waals surface area contributed by atoms with Crippen LogP contribution >= 0.6 is 0 Å². The fraction of sp³-hybridized carbons (Fsp3) is 0.294. The van der Waals surface area contributed by atoms with Crippen LogP contribution in [-0.4, -0.2) is 19.1 Å². The molecule has 4 rings (SSSR count). The van der Waals surface area contributed by atoms with E-state index in [-0.39, 0.29) is 12.1 Å². The third-order valence-electron chi connectivity index (χ3n) is 4.47. The Bertz CT molecular complexity index is 709. The molecule has 0 radical (unpaired) electrons. The van der Waals surface area contributed by atoms with E-state index >= 15 is 0 Å². The first-order chi connectivity index (χ1) is 10.3. The van der Waals surface area contributed by atoms with Crippen LogP contribution in [0.2, 0.25) is 0 Å². The maximum absolute atomic E-state index is 4.54. The van der Waals surface area contributed by atoms with Gasteiger partial charge in [-0.25, -0.2) is 0 Å². The lowest BCUT2D eigenvalue weighted by Crippen LogP contribution is -2.27. The summed E-state index contributed by atoms with van der Waals surface area (Å²) in [6.45, 7) is 0.907. The summed E-state index contributed by atoms with van der Waals surface area (Å²) in [5.74, 6) is 0. The van der Waals surface area contributed by atoms with E-state index in [1.54, 1.807) is 0 Å². The van der Waals surface area contributed by atoms with Gasteiger partial charge in [0.05, 0.1) is 0 Å². The van der Waals surface area contributed by atoms with Gasteiger partial charge in [0.25, 0.3) is 0 Å². The molecular formula is C17H18N4. The molecule has 0 aliphatic carbocycles. The molecule has 2 atom stereocenters. The van der Waals surface area contributed by atoms with Crippen molar-refractivity contribution in [1.29, 1.82) is 0 Å². The number of hydrogen-bond donors (Lipinski definition) is 0.